The van der Waals surface area contributed by atoms with Gasteiger partial charge in [-0.1, -0.05) is 29.5 Å². The van der Waals surface area contributed by atoms with E-state index < -0.39 is 0 Å². The van der Waals surface area contributed by atoms with Crippen LogP contribution < -0.4 is 10.2 Å². The van der Waals surface area contributed by atoms with E-state index in [4.69, 9.17) is 0 Å². The average molecular weight is 429 g/mol. The zero-order valence-electron chi connectivity index (χ0n) is 15.2. The molecule has 0 bridgehead atoms. The number of hydrogen-bond donors (Lipinski definition) is 1. The maximum Gasteiger partial charge on any atom is 0.236 e. The van der Waals surface area contributed by atoms with Gasteiger partial charge in [0.1, 0.15) is 10.8 Å². The molecular weight excluding hydrogens is 411 g/mol. The van der Waals surface area contributed by atoms with E-state index in [0.29, 0.717) is 28.8 Å². The highest BCUT2D eigenvalue weighted by atomic mass is 32.2. The number of carbonyl (C=O) groups is 2. The number of carbonyl (C=O) groups excluding carboxylic acids is 2. The van der Waals surface area contributed by atoms with E-state index in [1.807, 2.05) is 30.3 Å². The molecule has 2 amide bonds. The van der Waals surface area contributed by atoms with E-state index in [1.54, 1.807) is 17.0 Å². The van der Waals surface area contributed by atoms with Crippen LogP contribution in [0, 0.1) is 5.82 Å². The fraction of sp³-hybridized carbons (Fsp3) is 0.200. The second-order valence-corrected chi connectivity index (χ2v) is 8.54. The first kappa shape index (κ1) is 19.5. The first-order valence-corrected chi connectivity index (χ1v) is 10.8. The molecule has 1 fully saturated rings. The van der Waals surface area contributed by atoms with Crippen molar-refractivity contribution in [2.75, 3.05) is 22.5 Å². The fourth-order valence-corrected chi connectivity index (χ4v) is 4.58. The van der Waals surface area contributed by atoms with Crippen LogP contribution >= 0.6 is 23.1 Å². The Labute approximate surface area is 175 Å². The molecule has 3 aromatic rings. The Balaban J connectivity index is 1.34. The predicted octanol–water partition coefficient (Wildman–Crippen LogP) is 3.93. The third-order valence-electron chi connectivity index (χ3n) is 4.41. The second-order valence-electron chi connectivity index (χ2n) is 6.48. The van der Waals surface area contributed by atoms with E-state index in [2.05, 4.69) is 15.5 Å². The molecule has 1 aliphatic heterocycles. The Morgan fingerprint density at radius 3 is 2.69 bits per heavy atom. The first-order chi connectivity index (χ1) is 14.1. The second kappa shape index (κ2) is 8.71. The zero-order chi connectivity index (χ0) is 20.2. The van der Waals surface area contributed by atoms with Crippen LogP contribution in [0.1, 0.15) is 17.3 Å². The molecular formula is C20H17FN4O2S2. The van der Waals surface area contributed by atoms with Crippen molar-refractivity contribution >= 4 is 45.7 Å². The van der Waals surface area contributed by atoms with Gasteiger partial charge in [-0.05, 0) is 36.4 Å². The number of hydrogen-bond acceptors (Lipinski definition) is 6. The van der Waals surface area contributed by atoms with Gasteiger partial charge in [0.2, 0.25) is 16.9 Å². The number of aromatic nitrogens is 2. The fourth-order valence-electron chi connectivity index (χ4n) is 3.01. The average Bonchev–Trinajstić information content (AvgIpc) is 3.34. The normalized spacial score (nSPS) is 16.2. The molecule has 0 radical (unpaired) electrons. The molecule has 2 aromatic carbocycles. The number of amides is 2. The highest BCUT2D eigenvalue weighted by molar-refractivity contribution is 8.00. The Hall–Kier alpha value is -2.78. The molecule has 4 rings (SSSR count). The molecule has 1 aliphatic rings. The number of nitrogens with zero attached hydrogens (tertiary/aromatic N) is 3. The van der Waals surface area contributed by atoms with Gasteiger partial charge in [0.05, 0.1) is 5.75 Å². The molecule has 1 N–H and O–H groups in total. The van der Waals surface area contributed by atoms with E-state index in [-0.39, 0.29) is 29.3 Å². The van der Waals surface area contributed by atoms with Crippen LogP contribution in [-0.4, -0.2) is 34.3 Å². The lowest BCUT2D eigenvalue weighted by Crippen LogP contribution is -2.24. The summed E-state index contributed by atoms with van der Waals surface area (Å²) in [6.45, 7) is 0.455. The van der Waals surface area contributed by atoms with Gasteiger partial charge in [-0.25, -0.2) is 4.39 Å². The Bertz CT molecular complexity index is 1010. The topological polar surface area (TPSA) is 75.2 Å². The maximum atomic E-state index is 13.1. The maximum absolute atomic E-state index is 13.1. The van der Waals surface area contributed by atoms with Crippen LogP contribution in [0.3, 0.4) is 0 Å². The monoisotopic (exact) mass is 428 g/mol. The number of halogens is 1. The van der Waals surface area contributed by atoms with Gasteiger partial charge in [-0.3, -0.25) is 14.9 Å². The van der Waals surface area contributed by atoms with Crippen LogP contribution in [0.4, 0.5) is 15.2 Å². The molecule has 2 heterocycles. The van der Waals surface area contributed by atoms with E-state index in [9.17, 15) is 14.0 Å². The largest absolute Gasteiger partial charge is 0.312 e. The van der Waals surface area contributed by atoms with Crippen LogP contribution in [0.25, 0.3) is 0 Å². The van der Waals surface area contributed by atoms with Gasteiger partial charge in [0.25, 0.3) is 0 Å². The summed E-state index contributed by atoms with van der Waals surface area (Å²) in [7, 11) is 0. The molecule has 0 aliphatic carbocycles. The van der Waals surface area contributed by atoms with Gasteiger partial charge in [0.15, 0.2) is 0 Å². The van der Waals surface area contributed by atoms with Gasteiger partial charge < -0.3 is 4.90 Å². The quantitative estimate of drug-likeness (QED) is 0.602. The van der Waals surface area contributed by atoms with E-state index >= 15 is 0 Å². The van der Waals surface area contributed by atoms with Crippen molar-refractivity contribution in [2.45, 2.75) is 17.2 Å². The predicted molar refractivity (Wildman–Crippen MR) is 112 cm³/mol. The molecule has 0 saturated carbocycles. The number of nitrogens with one attached hydrogen (secondary N) is 1. The van der Waals surface area contributed by atoms with Crippen LogP contribution in [0.2, 0.25) is 0 Å². The zero-order valence-corrected chi connectivity index (χ0v) is 16.9. The van der Waals surface area contributed by atoms with Crippen molar-refractivity contribution < 1.29 is 14.0 Å². The molecule has 29 heavy (non-hydrogen) atoms. The minimum Gasteiger partial charge on any atom is -0.312 e. The summed E-state index contributed by atoms with van der Waals surface area (Å²) in [6.07, 6.45) is 0.309. The van der Waals surface area contributed by atoms with Crippen molar-refractivity contribution in [3.8, 4) is 0 Å². The van der Waals surface area contributed by atoms with Crippen molar-refractivity contribution in [1.82, 2.24) is 10.2 Å². The van der Waals surface area contributed by atoms with Gasteiger partial charge >= 0.3 is 0 Å². The summed E-state index contributed by atoms with van der Waals surface area (Å²) in [4.78, 5) is 27.2. The molecule has 9 heteroatoms. The molecule has 0 spiro atoms. The third-order valence-corrected chi connectivity index (χ3v) is 6.43. The number of benzene rings is 2. The smallest absolute Gasteiger partial charge is 0.236 e. The van der Waals surface area contributed by atoms with Crippen LogP contribution in [0.15, 0.2) is 59.5 Å². The molecule has 1 atom stereocenters. The standard InChI is InChI=1S/C20H17FN4O2S2/c21-14-6-8-15(9-7-14)25-11-13(10-18(25)27)19-23-24-20(29-19)22-17(26)12-28-16-4-2-1-3-5-16/h1-9,13H,10-12H2,(H,22,24,26). The summed E-state index contributed by atoms with van der Waals surface area (Å²) in [5, 5.41) is 12.1. The molecule has 1 saturated heterocycles. The van der Waals surface area contributed by atoms with E-state index in [0.717, 1.165) is 4.90 Å². The highest BCUT2D eigenvalue weighted by Crippen LogP contribution is 2.34. The Morgan fingerprint density at radius 1 is 1.17 bits per heavy atom. The third kappa shape index (κ3) is 4.80. The lowest BCUT2D eigenvalue weighted by molar-refractivity contribution is -0.117. The van der Waals surface area contributed by atoms with Gasteiger partial charge in [-0.2, -0.15) is 0 Å². The van der Waals surface area contributed by atoms with Crippen LogP contribution in [0.5, 0.6) is 0 Å². The summed E-state index contributed by atoms with van der Waals surface area (Å²) in [5.41, 5.74) is 0.662. The molecule has 1 aromatic heterocycles. The number of rotatable bonds is 6. The Morgan fingerprint density at radius 2 is 1.93 bits per heavy atom. The highest BCUT2D eigenvalue weighted by Gasteiger charge is 2.34. The summed E-state index contributed by atoms with van der Waals surface area (Å²) in [5.74, 6) is -0.362. The van der Waals surface area contributed by atoms with Gasteiger partial charge in [0, 0.05) is 29.5 Å². The lowest BCUT2D eigenvalue weighted by Gasteiger charge is -2.16. The first-order valence-electron chi connectivity index (χ1n) is 8.95. The summed E-state index contributed by atoms with van der Waals surface area (Å²) in [6, 6.07) is 15.5. The van der Waals surface area contributed by atoms with Gasteiger partial charge in [-0.15, -0.1) is 22.0 Å². The van der Waals surface area contributed by atoms with Crippen molar-refractivity contribution in [1.29, 1.82) is 0 Å². The lowest BCUT2D eigenvalue weighted by atomic mass is 10.1. The molecule has 6 nitrogen and oxygen atoms in total. The number of thioether (sulfide) groups is 1. The van der Waals surface area contributed by atoms with Crippen LogP contribution in [-0.2, 0) is 9.59 Å². The summed E-state index contributed by atoms with van der Waals surface area (Å²) < 4.78 is 13.1. The Kier molecular flexibility index (Phi) is 5.86. The number of anilines is 2. The van der Waals surface area contributed by atoms with E-state index in [1.165, 1.54) is 35.2 Å². The van der Waals surface area contributed by atoms with Crippen molar-refractivity contribution in [3.63, 3.8) is 0 Å². The summed E-state index contributed by atoms with van der Waals surface area (Å²) >= 11 is 2.72. The molecule has 148 valence electrons. The van der Waals surface area contributed by atoms with Crippen molar-refractivity contribution in [3.05, 3.63) is 65.4 Å². The minimum absolute atomic E-state index is 0.0401. The minimum atomic E-state index is -0.341. The van der Waals surface area contributed by atoms with Crippen molar-refractivity contribution in [2.24, 2.45) is 0 Å². The molecule has 1 unspecified atom stereocenters. The SMILES string of the molecule is O=C(CSc1ccccc1)Nc1nnc(C2CC(=O)N(c3ccc(F)cc3)C2)s1.